The Morgan fingerprint density at radius 1 is 1.40 bits per heavy atom. The lowest BCUT2D eigenvalue weighted by Crippen LogP contribution is -2.50. The van der Waals surface area contributed by atoms with Crippen molar-refractivity contribution < 1.29 is 13.9 Å². The second kappa shape index (κ2) is 3.96. The molecule has 0 atom stereocenters. The van der Waals surface area contributed by atoms with Gasteiger partial charge in [-0.05, 0) is 20.8 Å². The van der Waals surface area contributed by atoms with E-state index in [-0.39, 0.29) is 12.8 Å². The molecule has 1 aliphatic rings. The van der Waals surface area contributed by atoms with Crippen molar-refractivity contribution in [1.29, 1.82) is 0 Å². The van der Waals surface area contributed by atoms with Crippen LogP contribution in [0.25, 0.3) is 0 Å². The number of carbonyl (C=O) groups is 1. The van der Waals surface area contributed by atoms with E-state index in [1.807, 2.05) is 0 Å². The first-order valence-electron chi connectivity index (χ1n) is 5.15. The highest BCUT2D eigenvalue weighted by Crippen LogP contribution is 2.22. The first-order chi connectivity index (χ1) is 6.70. The molecule has 0 aliphatic carbocycles. The lowest BCUT2D eigenvalue weighted by Gasteiger charge is -2.34. The summed E-state index contributed by atoms with van der Waals surface area (Å²) >= 11 is 0. The van der Waals surface area contributed by atoms with Crippen LogP contribution in [-0.2, 0) is 4.74 Å². The minimum absolute atomic E-state index is 0.173. The Kier molecular flexibility index (Phi) is 3.23. The van der Waals surface area contributed by atoms with Gasteiger partial charge in [-0.3, -0.25) is 5.73 Å². The molecule has 1 aliphatic heterocycles. The Morgan fingerprint density at radius 2 is 1.87 bits per heavy atom. The molecule has 1 saturated heterocycles. The summed E-state index contributed by atoms with van der Waals surface area (Å²) in [5.41, 5.74) is 4.81. The van der Waals surface area contributed by atoms with Gasteiger partial charge < -0.3 is 9.64 Å². The van der Waals surface area contributed by atoms with E-state index in [0.29, 0.717) is 13.1 Å². The summed E-state index contributed by atoms with van der Waals surface area (Å²) in [5, 5.41) is 0. The van der Waals surface area contributed by atoms with Gasteiger partial charge >= 0.3 is 6.09 Å². The van der Waals surface area contributed by atoms with Crippen molar-refractivity contribution in [1.82, 2.24) is 4.90 Å². The van der Waals surface area contributed by atoms with E-state index >= 15 is 0 Å². The van der Waals surface area contributed by atoms with E-state index in [1.165, 1.54) is 4.90 Å². The van der Waals surface area contributed by atoms with Gasteiger partial charge in [0.2, 0.25) is 0 Å². The van der Waals surface area contributed by atoms with Crippen LogP contribution in [0.2, 0.25) is 0 Å². The number of piperidine rings is 1. The van der Waals surface area contributed by atoms with Crippen LogP contribution in [0.4, 0.5) is 9.18 Å². The third kappa shape index (κ3) is 4.03. The summed E-state index contributed by atoms with van der Waals surface area (Å²) in [4.78, 5) is 13.1. The van der Waals surface area contributed by atoms with Crippen LogP contribution in [-0.4, -0.2) is 35.5 Å². The van der Waals surface area contributed by atoms with Crippen LogP contribution in [0, 0.1) is 0 Å². The van der Waals surface area contributed by atoms with Gasteiger partial charge in [0.25, 0.3) is 0 Å². The van der Waals surface area contributed by atoms with Crippen molar-refractivity contribution >= 4 is 6.09 Å². The van der Waals surface area contributed by atoms with Crippen LogP contribution < -0.4 is 5.73 Å². The first-order valence-corrected chi connectivity index (χ1v) is 5.15. The molecule has 5 heteroatoms. The normalized spacial score (nSPS) is 21.3. The minimum Gasteiger partial charge on any atom is -0.444 e. The molecule has 0 aromatic carbocycles. The highest BCUT2D eigenvalue weighted by atomic mass is 19.1. The smallest absolute Gasteiger partial charge is 0.410 e. The molecule has 0 aromatic rings. The van der Waals surface area contributed by atoms with E-state index in [4.69, 9.17) is 10.5 Å². The summed E-state index contributed by atoms with van der Waals surface area (Å²) in [6.45, 7) is 6.05. The van der Waals surface area contributed by atoms with Crippen molar-refractivity contribution in [3.05, 3.63) is 0 Å². The average Bonchev–Trinajstić information content (AvgIpc) is 2.00. The maximum atomic E-state index is 13.2. The topological polar surface area (TPSA) is 55.6 Å². The van der Waals surface area contributed by atoms with Gasteiger partial charge in [-0.25, -0.2) is 9.18 Å². The predicted octanol–water partition coefficient (Wildman–Crippen LogP) is 1.64. The largest absolute Gasteiger partial charge is 0.444 e. The molecule has 1 amide bonds. The Morgan fingerprint density at radius 3 is 2.27 bits per heavy atom. The lowest BCUT2D eigenvalue weighted by atomic mass is 10.0. The van der Waals surface area contributed by atoms with Gasteiger partial charge in [-0.2, -0.15) is 0 Å². The molecule has 0 aromatic heterocycles. The number of rotatable bonds is 0. The van der Waals surface area contributed by atoms with Crippen LogP contribution in [0.5, 0.6) is 0 Å². The maximum Gasteiger partial charge on any atom is 0.410 e. The zero-order valence-corrected chi connectivity index (χ0v) is 9.55. The highest BCUT2D eigenvalue weighted by molar-refractivity contribution is 5.68. The lowest BCUT2D eigenvalue weighted by molar-refractivity contribution is 0.00461. The number of alkyl halides is 1. The summed E-state index contributed by atoms with van der Waals surface area (Å²) in [6.07, 6.45) is -0.0450. The van der Waals surface area contributed by atoms with Gasteiger partial charge in [0.1, 0.15) is 5.60 Å². The Hall–Kier alpha value is -0.840. The second-order valence-corrected chi connectivity index (χ2v) is 5.00. The molecule has 0 saturated carbocycles. The Labute approximate surface area is 89.6 Å². The molecule has 0 unspecified atom stereocenters. The summed E-state index contributed by atoms with van der Waals surface area (Å²) < 4.78 is 18.4. The fourth-order valence-electron chi connectivity index (χ4n) is 1.39. The van der Waals surface area contributed by atoms with Crippen LogP contribution in [0.15, 0.2) is 0 Å². The number of nitrogens with two attached hydrogens (primary N) is 1. The van der Waals surface area contributed by atoms with Gasteiger partial charge in [0.05, 0.1) is 0 Å². The van der Waals surface area contributed by atoms with Gasteiger partial charge in [-0.15, -0.1) is 0 Å². The van der Waals surface area contributed by atoms with Gasteiger partial charge in [0.15, 0.2) is 5.79 Å². The monoisotopic (exact) mass is 218 g/mol. The molecule has 88 valence electrons. The third-order valence-corrected chi connectivity index (χ3v) is 2.25. The van der Waals surface area contributed by atoms with Crippen LogP contribution in [0.3, 0.4) is 0 Å². The van der Waals surface area contributed by atoms with E-state index < -0.39 is 17.5 Å². The number of likely N-dealkylation sites (tertiary alicyclic amines) is 1. The molecule has 2 N–H and O–H groups in total. The van der Waals surface area contributed by atoms with E-state index in [9.17, 15) is 9.18 Å². The van der Waals surface area contributed by atoms with Crippen molar-refractivity contribution in [2.45, 2.75) is 45.0 Å². The zero-order valence-electron chi connectivity index (χ0n) is 9.55. The standard InChI is InChI=1S/C10H19FN2O2/c1-9(2,3)15-8(14)13-6-4-10(11,12)5-7-13/h4-7,12H2,1-3H3. The Balaban J connectivity index is 2.44. The first kappa shape index (κ1) is 12.2. The number of hydrogen-bond acceptors (Lipinski definition) is 3. The number of nitrogens with zero attached hydrogens (tertiary/aromatic N) is 1. The molecule has 0 radical (unpaired) electrons. The minimum atomic E-state index is -1.63. The molecular weight excluding hydrogens is 199 g/mol. The second-order valence-electron chi connectivity index (χ2n) is 5.00. The van der Waals surface area contributed by atoms with E-state index in [2.05, 4.69) is 0 Å². The number of ether oxygens (including phenoxy) is 1. The summed E-state index contributed by atoms with van der Waals surface area (Å²) in [6, 6.07) is 0. The fraction of sp³-hybridized carbons (Fsp3) is 0.900. The number of hydrogen-bond donors (Lipinski definition) is 1. The Bertz CT molecular complexity index is 238. The molecule has 1 heterocycles. The average molecular weight is 218 g/mol. The number of amides is 1. The molecule has 0 spiro atoms. The van der Waals surface area contributed by atoms with Gasteiger partial charge in [-0.1, -0.05) is 0 Å². The molecule has 1 fully saturated rings. The van der Waals surface area contributed by atoms with Crippen LogP contribution in [0.1, 0.15) is 33.6 Å². The van der Waals surface area contributed by atoms with Crippen molar-refractivity contribution in [2.24, 2.45) is 5.73 Å². The number of halogens is 1. The molecule has 0 bridgehead atoms. The van der Waals surface area contributed by atoms with Crippen molar-refractivity contribution in [3.8, 4) is 0 Å². The van der Waals surface area contributed by atoms with Crippen LogP contribution >= 0.6 is 0 Å². The fourth-order valence-corrected chi connectivity index (χ4v) is 1.39. The quantitative estimate of drug-likeness (QED) is 0.629. The molecule has 15 heavy (non-hydrogen) atoms. The summed E-state index contributed by atoms with van der Waals surface area (Å²) in [5.74, 6) is -1.63. The van der Waals surface area contributed by atoms with E-state index in [0.717, 1.165) is 0 Å². The van der Waals surface area contributed by atoms with Crippen molar-refractivity contribution in [2.75, 3.05) is 13.1 Å². The SMILES string of the molecule is CC(C)(C)OC(=O)N1CCC(N)(F)CC1. The van der Waals surface area contributed by atoms with Gasteiger partial charge in [0, 0.05) is 25.9 Å². The zero-order chi connectivity index (χ0) is 11.7. The van der Waals surface area contributed by atoms with E-state index in [1.54, 1.807) is 20.8 Å². The van der Waals surface area contributed by atoms with Crippen molar-refractivity contribution in [3.63, 3.8) is 0 Å². The highest BCUT2D eigenvalue weighted by Gasteiger charge is 2.33. The molecule has 1 rings (SSSR count). The predicted molar refractivity (Wildman–Crippen MR) is 55.1 cm³/mol. The molecular formula is C10H19FN2O2. The summed E-state index contributed by atoms with van der Waals surface area (Å²) in [7, 11) is 0. The number of carbonyl (C=O) groups excluding carboxylic acids is 1. The third-order valence-electron chi connectivity index (χ3n) is 2.25. The maximum absolute atomic E-state index is 13.2. The molecule has 4 nitrogen and oxygen atoms in total.